The average Bonchev–Trinajstić information content (AvgIpc) is 3.05. The molecule has 8 heteroatoms. The number of likely N-dealkylation sites (N-methyl/N-ethyl adjacent to an activating group) is 1. The van der Waals surface area contributed by atoms with E-state index in [1.807, 2.05) is 24.0 Å². The molecule has 1 saturated carbocycles. The van der Waals surface area contributed by atoms with Crippen LogP contribution < -0.4 is 10.1 Å². The van der Waals surface area contributed by atoms with Crippen molar-refractivity contribution in [3.05, 3.63) is 24.5 Å². The van der Waals surface area contributed by atoms with Gasteiger partial charge >= 0.3 is 12.0 Å². The number of carboxylic acids is 1. The Hall–Kier alpha value is -2.35. The number of amides is 2. The Morgan fingerprint density at radius 3 is 2.77 bits per heavy atom. The monoisotopic (exact) mass is 362 g/mol. The van der Waals surface area contributed by atoms with Gasteiger partial charge in [0.2, 0.25) is 0 Å². The minimum atomic E-state index is -0.809. The van der Waals surface area contributed by atoms with E-state index in [0.29, 0.717) is 19.6 Å². The van der Waals surface area contributed by atoms with Gasteiger partial charge in [-0.3, -0.25) is 14.7 Å². The summed E-state index contributed by atoms with van der Waals surface area (Å²) in [7, 11) is 0. The van der Waals surface area contributed by atoms with Crippen LogP contribution in [0, 0.1) is 0 Å². The number of urea groups is 1. The van der Waals surface area contributed by atoms with Crippen LogP contribution >= 0.6 is 0 Å². The first-order valence-corrected chi connectivity index (χ1v) is 9.13. The molecule has 26 heavy (non-hydrogen) atoms. The lowest BCUT2D eigenvalue weighted by atomic mass is 9.85. The fourth-order valence-corrected chi connectivity index (χ4v) is 3.56. The van der Waals surface area contributed by atoms with E-state index in [2.05, 4.69) is 10.3 Å². The van der Waals surface area contributed by atoms with Gasteiger partial charge in [0.15, 0.2) is 0 Å². The molecule has 2 heterocycles. The summed E-state index contributed by atoms with van der Waals surface area (Å²) in [6.07, 6.45) is 5.79. The Labute approximate surface area is 153 Å². The zero-order chi connectivity index (χ0) is 18.5. The van der Waals surface area contributed by atoms with Gasteiger partial charge in [-0.2, -0.15) is 0 Å². The molecule has 0 aromatic carbocycles. The number of aromatic nitrogens is 1. The van der Waals surface area contributed by atoms with Gasteiger partial charge < -0.3 is 20.1 Å². The number of hydrogen-bond donors (Lipinski definition) is 2. The summed E-state index contributed by atoms with van der Waals surface area (Å²) in [4.78, 5) is 31.0. The van der Waals surface area contributed by atoms with Crippen LogP contribution in [-0.2, 0) is 4.79 Å². The van der Waals surface area contributed by atoms with Crippen LogP contribution in [0.15, 0.2) is 24.5 Å². The molecule has 142 valence electrons. The first-order valence-electron chi connectivity index (χ1n) is 9.13. The van der Waals surface area contributed by atoms with Gasteiger partial charge in [0, 0.05) is 37.4 Å². The highest BCUT2D eigenvalue weighted by Gasteiger charge is 2.36. The number of carbonyl (C=O) groups is 2. The van der Waals surface area contributed by atoms with Crippen LogP contribution in [0.25, 0.3) is 0 Å². The highest BCUT2D eigenvalue weighted by atomic mass is 16.5. The number of carbonyl (C=O) groups excluding carboxylic acids is 1. The molecule has 3 rings (SSSR count). The molecule has 1 aliphatic carbocycles. The summed E-state index contributed by atoms with van der Waals surface area (Å²) in [5.41, 5.74) is 0. The van der Waals surface area contributed by atoms with E-state index in [1.54, 1.807) is 17.3 Å². The molecule has 8 nitrogen and oxygen atoms in total. The van der Waals surface area contributed by atoms with Gasteiger partial charge in [-0.25, -0.2) is 4.79 Å². The van der Waals surface area contributed by atoms with E-state index >= 15 is 0 Å². The third-order valence-electron chi connectivity index (χ3n) is 5.09. The molecule has 2 N–H and O–H groups in total. The first kappa shape index (κ1) is 18.4. The number of aliphatic carboxylic acids is 1. The molecular formula is C18H26N4O4. The number of nitrogens with zero attached hydrogens (tertiary/aromatic N) is 3. The molecule has 0 radical (unpaired) electrons. The van der Waals surface area contributed by atoms with Crippen LogP contribution in [0.4, 0.5) is 4.79 Å². The molecule has 2 aliphatic rings. The van der Waals surface area contributed by atoms with Crippen LogP contribution in [0.5, 0.6) is 5.75 Å². The van der Waals surface area contributed by atoms with E-state index in [1.165, 1.54) is 0 Å². The number of nitrogens with one attached hydrogen (secondary N) is 1. The zero-order valence-electron chi connectivity index (χ0n) is 15.0. The molecule has 1 aliphatic heterocycles. The molecule has 0 bridgehead atoms. The second kappa shape index (κ2) is 8.35. The highest BCUT2D eigenvalue weighted by molar-refractivity contribution is 5.75. The Kier molecular flexibility index (Phi) is 5.92. The van der Waals surface area contributed by atoms with Crippen molar-refractivity contribution in [1.82, 2.24) is 20.1 Å². The first-order chi connectivity index (χ1) is 12.5. The molecule has 2 fully saturated rings. The lowest BCUT2D eigenvalue weighted by Gasteiger charge is -2.42. The number of ether oxygens (including phenoxy) is 1. The van der Waals surface area contributed by atoms with E-state index in [0.717, 1.165) is 25.0 Å². The van der Waals surface area contributed by atoms with E-state index in [-0.39, 0.29) is 30.8 Å². The number of rotatable bonds is 7. The molecule has 1 saturated heterocycles. The van der Waals surface area contributed by atoms with Crippen LogP contribution in [-0.4, -0.2) is 76.3 Å². The number of hydrogen-bond acceptors (Lipinski definition) is 5. The topological polar surface area (TPSA) is 95.0 Å². The quantitative estimate of drug-likeness (QED) is 0.756. The molecule has 0 spiro atoms. The number of pyridine rings is 1. The highest BCUT2D eigenvalue weighted by Crippen LogP contribution is 2.26. The second-order valence-corrected chi connectivity index (χ2v) is 6.89. The Bertz CT molecular complexity index is 621. The standard InChI is InChI=1S/C18H26N4O4/c1-2-21(12-17(23)24)14-9-13(10-14)20-18(25)22-8-5-16(11-22)26-15-3-6-19-7-4-15/h3-4,6-7,13-14,16H,2,5,8-12H2,1H3,(H,20,25)(H,23,24). The van der Waals surface area contributed by atoms with E-state index in [9.17, 15) is 9.59 Å². The maximum absolute atomic E-state index is 12.4. The summed E-state index contributed by atoms with van der Waals surface area (Å²) in [5.74, 6) is -0.0381. The van der Waals surface area contributed by atoms with Crippen molar-refractivity contribution >= 4 is 12.0 Å². The Morgan fingerprint density at radius 1 is 1.38 bits per heavy atom. The molecule has 2 amide bonds. The summed E-state index contributed by atoms with van der Waals surface area (Å²) >= 11 is 0. The van der Waals surface area contributed by atoms with Crippen molar-refractivity contribution in [2.45, 2.75) is 44.4 Å². The van der Waals surface area contributed by atoms with Crippen LogP contribution in [0.2, 0.25) is 0 Å². The van der Waals surface area contributed by atoms with Gasteiger partial charge in [0.05, 0.1) is 13.1 Å². The lowest BCUT2D eigenvalue weighted by Crippen LogP contribution is -2.56. The van der Waals surface area contributed by atoms with Crippen LogP contribution in [0.1, 0.15) is 26.2 Å². The molecule has 1 aromatic rings. The molecule has 1 unspecified atom stereocenters. The van der Waals surface area contributed by atoms with Gasteiger partial charge in [-0.1, -0.05) is 6.92 Å². The number of likely N-dealkylation sites (tertiary alicyclic amines) is 1. The fraction of sp³-hybridized carbons (Fsp3) is 0.611. The van der Waals surface area contributed by atoms with E-state index < -0.39 is 5.97 Å². The van der Waals surface area contributed by atoms with Gasteiger partial charge in [0.25, 0.3) is 0 Å². The number of carboxylic acid groups (broad SMARTS) is 1. The molecule has 1 aromatic heterocycles. The van der Waals surface area contributed by atoms with Crippen molar-refractivity contribution < 1.29 is 19.4 Å². The van der Waals surface area contributed by atoms with Crippen LogP contribution in [0.3, 0.4) is 0 Å². The maximum Gasteiger partial charge on any atom is 0.317 e. The predicted octanol–water partition coefficient (Wildman–Crippen LogP) is 1.18. The molecule has 1 atom stereocenters. The minimum Gasteiger partial charge on any atom is -0.488 e. The van der Waals surface area contributed by atoms with Crippen molar-refractivity contribution in [2.24, 2.45) is 0 Å². The fourth-order valence-electron chi connectivity index (χ4n) is 3.56. The second-order valence-electron chi connectivity index (χ2n) is 6.89. The van der Waals surface area contributed by atoms with Gasteiger partial charge in [-0.15, -0.1) is 0 Å². The maximum atomic E-state index is 12.4. The summed E-state index contributed by atoms with van der Waals surface area (Å²) in [6, 6.07) is 3.93. The summed E-state index contributed by atoms with van der Waals surface area (Å²) in [5, 5.41) is 12.0. The summed E-state index contributed by atoms with van der Waals surface area (Å²) in [6.45, 7) is 3.98. The van der Waals surface area contributed by atoms with Crippen molar-refractivity contribution in [3.63, 3.8) is 0 Å². The Morgan fingerprint density at radius 2 is 2.12 bits per heavy atom. The normalized spacial score (nSPS) is 25.0. The Balaban J connectivity index is 1.39. The summed E-state index contributed by atoms with van der Waals surface area (Å²) < 4.78 is 5.88. The molecular weight excluding hydrogens is 336 g/mol. The van der Waals surface area contributed by atoms with Gasteiger partial charge in [-0.05, 0) is 31.5 Å². The predicted molar refractivity (Wildman–Crippen MR) is 95.1 cm³/mol. The third kappa shape index (κ3) is 4.63. The lowest BCUT2D eigenvalue weighted by molar-refractivity contribution is -0.139. The SMILES string of the molecule is CCN(CC(=O)O)C1CC(NC(=O)N2CCC(Oc3ccncc3)C2)C1. The van der Waals surface area contributed by atoms with Crippen molar-refractivity contribution in [2.75, 3.05) is 26.2 Å². The third-order valence-corrected chi connectivity index (χ3v) is 5.09. The average molecular weight is 362 g/mol. The smallest absolute Gasteiger partial charge is 0.317 e. The van der Waals surface area contributed by atoms with E-state index in [4.69, 9.17) is 9.84 Å². The largest absolute Gasteiger partial charge is 0.488 e. The van der Waals surface area contributed by atoms with Gasteiger partial charge in [0.1, 0.15) is 11.9 Å². The minimum absolute atomic E-state index is 0.00318. The van der Waals surface area contributed by atoms with Crippen molar-refractivity contribution in [1.29, 1.82) is 0 Å². The van der Waals surface area contributed by atoms with Crippen molar-refractivity contribution in [3.8, 4) is 5.75 Å². The zero-order valence-corrected chi connectivity index (χ0v) is 15.0.